The molecule has 8 nitrogen and oxygen atoms in total. The smallest absolute Gasteiger partial charge is 0.337 e. The molecular formula is C27H32N4O4. The van der Waals surface area contributed by atoms with Crippen molar-refractivity contribution in [3.8, 4) is 17.0 Å². The molecule has 3 rings (SSSR count). The average Bonchev–Trinajstić information content (AvgIpc) is 3.39. The van der Waals surface area contributed by atoms with Gasteiger partial charge in [0.05, 0.1) is 31.2 Å². The lowest BCUT2D eigenvalue weighted by molar-refractivity contribution is 0.0600. The molecule has 0 spiro atoms. The molecule has 35 heavy (non-hydrogen) atoms. The first kappa shape index (κ1) is 25.7. The van der Waals surface area contributed by atoms with E-state index in [-0.39, 0.29) is 0 Å². The summed E-state index contributed by atoms with van der Waals surface area (Å²) >= 11 is 0. The van der Waals surface area contributed by atoms with E-state index >= 15 is 0 Å². The van der Waals surface area contributed by atoms with Crippen molar-refractivity contribution >= 4 is 18.1 Å². The predicted octanol–water partition coefficient (Wildman–Crippen LogP) is 5.37. The van der Waals surface area contributed by atoms with Crippen LogP contribution in [0.3, 0.4) is 0 Å². The normalized spacial score (nSPS) is 10.9. The predicted molar refractivity (Wildman–Crippen MR) is 136 cm³/mol. The van der Waals surface area contributed by atoms with Crippen LogP contribution in [0.4, 0.5) is 0 Å². The number of methoxy groups -OCH3 is 1. The van der Waals surface area contributed by atoms with Gasteiger partial charge in [0.25, 0.3) is 5.91 Å². The Morgan fingerprint density at radius 3 is 2.43 bits per heavy atom. The van der Waals surface area contributed by atoms with E-state index in [1.54, 1.807) is 30.3 Å². The minimum Gasteiger partial charge on any atom is -0.494 e. The Morgan fingerprint density at radius 2 is 1.71 bits per heavy atom. The fourth-order valence-electron chi connectivity index (χ4n) is 3.43. The third-order valence-electron chi connectivity index (χ3n) is 5.45. The van der Waals surface area contributed by atoms with Gasteiger partial charge in [-0.1, -0.05) is 51.2 Å². The number of unbranched alkanes of at least 4 members (excludes halogenated alkanes) is 5. The zero-order valence-corrected chi connectivity index (χ0v) is 20.3. The number of benzene rings is 2. The van der Waals surface area contributed by atoms with Gasteiger partial charge in [0.1, 0.15) is 11.4 Å². The molecule has 8 heteroatoms. The Morgan fingerprint density at radius 1 is 1.00 bits per heavy atom. The number of hydrazone groups is 1. The van der Waals surface area contributed by atoms with Gasteiger partial charge in [0, 0.05) is 5.56 Å². The van der Waals surface area contributed by atoms with Crippen molar-refractivity contribution in [2.24, 2.45) is 5.10 Å². The van der Waals surface area contributed by atoms with Crippen LogP contribution in [-0.2, 0) is 4.74 Å². The van der Waals surface area contributed by atoms with Crippen molar-refractivity contribution in [3.05, 3.63) is 71.4 Å². The summed E-state index contributed by atoms with van der Waals surface area (Å²) in [6.07, 6.45) is 8.87. The SMILES string of the molecule is CCCCCCCCOc1ccc(-c2cc(C(=O)NN=Cc3ccc(C(=O)OC)cc3)[nH]n2)cc1. The van der Waals surface area contributed by atoms with Crippen LogP contribution in [0.15, 0.2) is 59.7 Å². The van der Waals surface area contributed by atoms with E-state index in [1.807, 2.05) is 24.3 Å². The Hall–Kier alpha value is -3.94. The number of hydrogen-bond acceptors (Lipinski definition) is 6. The van der Waals surface area contributed by atoms with Crippen LogP contribution >= 0.6 is 0 Å². The average molecular weight is 477 g/mol. The van der Waals surface area contributed by atoms with Gasteiger partial charge in [-0.05, 0) is 54.4 Å². The maximum Gasteiger partial charge on any atom is 0.337 e. The third kappa shape index (κ3) is 8.10. The molecule has 0 bridgehead atoms. The van der Waals surface area contributed by atoms with Crippen molar-refractivity contribution in [1.82, 2.24) is 15.6 Å². The van der Waals surface area contributed by atoms with Gasteiger partial charge in [-0.25, -0.2) is 10.2 Å². The van der Waals surface area contributed by atoms with E-state index < -0.39 is 11.9 Å². The highest BCUT2D eigenvalue weighted by Crippen LogP contribution is 2.21. The summed E-state index contributed by atoms with van der Waals surface area (Å²) < 4.78 is 10.5. The lowest BCUT2D eigenvalue weighted by atomic mass is 10.1. The molecule has 0 aliphatic carbocycles. The molecule has 0 aliphatic rings. The van der Waals surface area contributed by atoms with Crippen LogP contribution in [0, 0.1) is 0 Å². The molecule has 0 aliphatic heterocycles. The van der Waals surface area contributed by atoms with E-state index in [0.29, 0.717) is 23.6 Å². The Bertz CT molecular complexity index is 1100. The molecule has 1 heterocycles. The van der Waals surface area contributed by atoms with Crippen LogP contribution in [0.2, 0.25) is 0 Å². The van der Waals surface area contributed by atoms with Crippen molar-refractivity contribution in [1.29, 1.82) is 0 Å². The number of nitrogens with one attached hydrogen (secondary N) is 2. The molecule has 184 valence electrons. The summed E-state index contributed by atoms with van der Waals surface area (Å²) in [7, 11) is 1.33. The first-order chi connectivity index (χ1) is 17.1. The number of hydrogen-bond donors (Lipinski definition) is 2. The fourth-order valence-corrected chi connectivity index (χ4v) is 3.43. The number of aromatic nitrogens is 2. The second-order valence-corrected chi connectivity index (χ2v) is 8.12. The lowest BCUT2D eigenvalue weighted by Gasteiger charge is -2.06. The van der Waals surface area contributed by atoms with E-state index in [1.165, 1.54) is 45.4 Å². The standard InChI is InChI=1S/C27H32N4O4/c1-3-4-5-6-7-8-17-35-23-15-13-21(14-16-23)24-18-25(30-29-24)26(32)31-28-19-20-9-11-22(12-10-20)27(33)34-2/h9-16,18-19H,3-8,17H2,1-2H3,(H,29,30)(H,31,32). The number of rotatable bonds is 13. The third-order valence-corrected chi connectivity index (χ3v) is 5.45. The fraction of sp³-hybridized carbons (Fsp3) is 0.333. The van der Waals surface area contributed by atoms with Gasteiger partial charge in [-0.3, -0.25) is 9.89 Å². The molecule has 0 saturated heterocycles. The van der Waals surface area contributed by atoms with Gasteiger partial charge in [0.2, 0.25) is 0 Å². The Labute approximate surface area is 205 Å². The molecular weight excluding hydrogens is 444 g/mol. The highest BCUT2D eigenvalue weighted by molar-refractivity contribution is 5.94. The van der Waals surface area contributed by atoms with Crippen molar-refractivity contribution in [3.63, 3.8) is 0 Å². The van der Waals surface area contributed by atoms with Gasteiger partial charge in [-0.2, -0.15) is 10.2 Å². The topological polar surface area (TPSA) is 106 Å². The maximum absolute atomic E-state index is 12.4. The molecule has 1 aromatic heterocycles. The largest absolute Gasteiger partial charge is 0.494 e. The summed E-state index contributed by atoms with van der Waals surface area (Å²) in [6.45, 7) is 2.94. The van der Waals surface area contributed by atoms with Crippen LogP contribution in [0.1, 0.15) is 71.9 Å². The molecule has 0 radical (unpaired) electrons. The van der Waals surface area contributed by atoms with Gasteiger partial charge in [0.15, 0.2) is 0 Å². The Kier molecular flexibility index (Phi) is 10.0. The summed E-state index contributed by atoms with van der Waals surface area (Å²) in [5.74, 6) is 0.00186. The highest BCUT2D eigenvalue weighted by Gasteiger charge is 2.11. The number of H-pyrrole nitrogens is 1. The summed E-state index contributed by atoms with van der Waals surface area (Å²) in [5, 5.41) is 10.9. The zero-order valence-electron chi connectivity index (χ0n) is 20.3. The van der Waals surface area contributed by atoms with Crippen LogP contribution in [-0.4, -0.2) is 42.0 Å². The highest BCUT2D eigenvalue weighted by atomic mass is 16.5. The summed E-state index contributed by atoms with van der Waals surface area (Å²) in [6, 6.07) is 16.0. The number of ether oxygens (including phenoxy) is 2. The van der Waals surface area contributed by atoms with Crippen molar-refractivity contribution in [2.45, 2.75) is 45.4 Å². The number of amides is 1. The van der Waals surface area contributed by atoms with Crippen molar-refractivity contribution < 1.29 is 19.1 Å². The number of aromatic amines is 1. The van der Waals surface area contributed by atoms with Gasteiger partial charge >= 0.3 is 5.97 Å². The lowest BCUT2D eigenvalue weighted by Crippen LogP contribution is -2.18. The van der Waals surface area contributed by atoms with Crippen LogP contribution in [0.25, 0.3) is 11.3 Å². The molecule has 0 atom stereocenters. The number of carbonyl (C=O) groups excluding carboxylic acids is 2. The van der Waals surface area contributed by atoms with Crippen LogP contribution in [0.5, 0.6) is 5.75 Å². The molecule has 0 fully saturated rings. The first-order valence-corrected chi connectivity index (χ1v) is 11.9. The number of esters is 1. The minimum absolute atomic E-state index is 0.293. The van der Waals surface area contributed by atoms with Gasteiger partial charge < -0.3 is 9.47 Å². The zero-order chi connectivity index (χ0) is 24.9. The molecule has 0 unspecified atom stereocenters. The molecule has 0 saturated carbocycles. The number of carbonyl (C=O) groups is 2. The van der Waals surface area contributed by atoms with Gasteiger partial charge in [-0.15, -0.1) is 0 Å². The van der Waals surface area contributed by atoms with E-state index in [9.17, 15) is 9.59 Å². The van der Waals surface area contributed by atoms with E-state index in [2.05, 4.69) is 32.4 Å². The first-order valence-electron chi connectivity index (χ1n) is 11.9. The molecule has 3 aromatic rings. The summed E-state index contributed by atoms with van der Waals surface area (Å²) in [5.41, 5.74) is 5.45. The monoisotopic (exact) mass is 476 g/mol. The van der Waals surface area contributed by atoms with E-state index in [4.69, 9.17) is 4.74 Å². The molecule has 2 aromatic carbocycles. The summed E-state index contributed by atoms with van der Waals surface area (Å²) in [4.78, 5) is 23.8. The molecule has 2 N–H and O–H groups in total. The quantitative estimate of drug-likeness (QED) is 0.149. The van der Waals surface area contributed by atoms with E-state index in [0.717, 1.165) is 23.3 Å². The van der Waals surface area contributed by atoms with Crippen LogP contribution < -0.4 is 10.2 Å². The second kappa shape index (κ2) is 13.7. The Balaban J connectivity index is 1.46. The number of nitrogens with zero attached hydrogens (tertiary/aromatic N) is 2. The maximum atomic E-state index is 12.4. The molecule has 1 amide bonds. The van der Waals surface area contributed by atoms with Crippen molar-refractivity contribution in [2.75, 3.05) is 13.7 Å². The second-order valence-electron chi connectivity index (χ2n) is 8.12. The minimum atomic E-state index is -0.412.